The zero-order valence-electron chi connectivity index (χ0n) is 13.0. The zero-order chi connectivity index (χ0) is 15.5. The maximum atomic E-state index is 5.30. The molecule has 4 nitrogen and oxygen atoms in total. The van der Waals surface area contributed by atoms with E-state index in [0.29, 0.717) is 5.92 Å². The van der Waals surface area contributed by atoms with Crippen LogP contribution in [0.25, 0.3) is 11.4 Å². The van der Waals surface area contributed by atoms with Gasteiger partial charge in [0.2, 0.25) is 0 Å². The fourth-order valence-electron chi connectivity index (χ4n) is 2.29. The van der Waals surface area contributed by atoms with E-state index in [0.717, 1.165) is 23.7 Å². The molecule has 22 heavy (non-hydrogen) atoms. The molecule has 0 aliphatic rings. The molecule has 0 fully saturated rings. The van der Waals surface area contributed by atoms with E-state index in [2.05, 4.69) is 28.4 Å². The summed E-state index contributed by atoms with van der Waals surface area (Å²) in [4.78, 5) is 10.2. The highest BCUT2D eigenvalue weighted by Gasteiger charge is 2.10. The lowest BCUT2D eigenvalue weighted by Gasteiger charge is -2.08. The zero-order valence-corrected chi connectivity index (χ0v) is 13.8. The van der Waals surface area contributed by atoms with E-state index in [4.69, 9.17) is 4.74 Å². The summed E-state index contributed by atoms with van der Waals surface area (Å²) in [6.07, 6.45) is 5.80. The topological polar surface area (TPSA) is 39.9 Å². The number of imidazole rings is 1. The van der Waals surface area contributed by atoms with Crippen molar-refractivity contribution in [3.63, 3.8) is 0 Å². The van der Waals surface area contributed by atoms with Crippen molar-refractivity contribution < 1.29 is 4.74 Å². The Morgan fingerprint density at radius 3 is 2.86 bits per heavy atom. The predicted octanol–water partition coefficient (Wildman–Crippen LogP) is 4.19. The van der Waals surface area contributed by atoms with Gasteiger partial charge in [-0.2, -0.15) is 0 Å². The summed E-state index contributed by atoms with van der Waals surface area (Å²) in [7, 11) is 1.68. The molecule has 0 radical (unpaired) electrons. The van der Waals surface area contributed by atoms with Gasteiger partial charge in [0.1, 0.15) is 11.6 Å². The van der Waals surface area contributed by atoms with E-state index in [-0.39, 0.29) is 0 Å². The Kier molecular flexibility index (Phi) is 4.24. The molecule has 0 aliphatic heterocycles. The van der Waals surface area contributed by atoms with Crippen LogP contribution in [0.4, 0.5) is 0 Å². The molecule has 2 heterocycles. The summed E-state index contributed by atoms with van der Waals surface area (Å²) in [5.74, 6) is 2.25. The van der Waals surface area contributed by atoms with E-state index in [1.165, 1.54) is 9.88 Å². The van der Waals surface area contributed by atoms with Crippen LogP contribution >= 0.6 is 11.3 Å². The number of rotatable bonds is 5. The standard InChI is InChI=1S/C17H19N3OS/c1-12(2)17-19-10-15(22-17)11-20-8-7-18-16(20)13-5-4-6-14(9-13)21-3/h4-10,12H,11H2,1-3H3. The van der Waals surface area contributed by atoms with Gasteiger partial charge < -0.3 is 9.30 Å². The third-order valence-electron chi connectivity index (χ3n) is 3.43. The molecule has 0 N–H and O–H groups in total. The highest BCUT2D eigenvalue weighted by molar-refractivity contribution is 7.11. The second-order valence-corrected chi connectivity index (χ2v) is 6.58. The molecule has 0 bridgehead atoms. The van der Waals surface area contributed by atoms with Crippen molar-refractivity contribution in [1.29, 1.82) is 0 Å². The molecule has 0 amide bonds. The number of hydrogen-bond donors (Lipinski definition) is 0. The van der Waals surface area contributed by atoms with Gasteiger partial charge in [-0.1, -0.05) is 26.0 Å². The lowest BCUT2D eigenvalue weighted by Crippen LogP contribution is -1.99. The Hall–Kier alpha value is -2.14. The SMILES string of the molecule is COc1cccc(-c2nccn2Cc2cnc(C(C)C)s2)c1. The fraction of sp³-hybridized carbons (Fsp3) is 0.294. The van der Waals surface area contributed by atoms with Crippen LogP contribution in [0.15, 0.2) is 42.9 Å². The van der Waals surface area contributed by atoms with Gasteiger partial charge in [-0.15, -0.1) is 11.3 Å². The molecule has 0 atom stereocenters. The van der Waals surface area contributed by atoms with Crippen LogP contribution in [-0.2, 0) is 6.54 Å². The molecule has 0 saturated carbocycles. The largest absolute Gasteiger partial charge is 0.497 e. The smallest absolute Gasteiger partial charge is 0.140 e. The number of ether oxygens (including phenoxy) is 1. The van der Waals surface area contributed by atoms with Crippen LogP contribution < -0.4 is 4.74 Å². The number of benzene rings is 1. The first kappa shape index (κ1) is 14.8. The average molecular weight is 313 g/mol. The first-order valence-corrected chi connectivity index (χ1v) is 8.09. The minimum atomic E-state index is 0.472. The molecule has 0 aliphatic carbocycles. The van der Waals surface area contributed by atoms with E-state index in [9.17, 15) is 0 Å². The molecule has 2 aromatic heterocycles. The molecule has 3 aromatic rings. The molecule has 3 rings (SSSR count). The van der Waals surface area contributed by atoms with Crippen molar-refractivity contribution in [2.45, 2.75) is 26.3 Å². The Morgan fingerprint density at radius 1 is 1.27 bits per heavy atom. The third-order valence-corrected chi connectivity index (χ3v) is 4.72. The summed E-state index contributed by atoms with van der Waals surface area (Å²) < 4.78 is 7.44. The Morgan fingerprint density at radius 2 is 2.14 bits per heavy atom. The first-order valence-electron chi connectivity index (χ1n) is 7.27. The maximum Gasteiger partial charge on any atom is 0.140 e. The van der Waals surface area contributed by atoms with Crippen LogP contribution in [0.1, 0.15) is 29.7 Å². The van der Waals surface area contributed by atoms with Crippen molar-refractivity contribution in [3.05, 3.63) is 52.7 Å². The summed E-state index contributed by atoms with van der Waals surface area (Å²) in [6.45, 7) is 5.12. The van der Waals surface area contributed by atoms with Crippen molar-refractivity contribution in [2.75, 3.05) is 7.11 Å². The molecule has 0 spiro atoms. The number of hydrogen-bond acceptors (Lipinski definition) is 4. The number of aromatic nitrogens is 3. The van der Waals surface area contributed by atoms with Gasteiger partial charge in [-0.25, -0.2) is 9.97 Å². The third kappa shape index (κ3) is 3.04. The van der Waals surface area contributed by atoms with E-state index < -0.39 is 0 Å². The van der Waals surface area contributed by atoms with Gasteiger partial charge in [0.15, 0.2) is 0 Å². The van der Waals surface area contributed by atoms with Gasteiger partial charge in [-0.05, 0) is 12.1 Å². The van der Waals surface area contributed by atoms with Gasteiger partial charge in [0, 0.05) is 34.9 Å². The number of methoxy groups -OCH3 is 1. The van der Waals surface area contributed by atoms with Gasteiger partial charge in [0.25, 0.3) is 0 Å². The molecule has 0 saturated heterocycles. The van der Waals surface area contributed by atoms with Crippen molar-refractivity contribution in [1.82, 2.24) is 14.5 Å². The number of thiazole rings is 1. The highest BCUT2D eigenvalue weighted by Crippen LogP contribution is 2.25. The number of nitrogens with zero attached hydrogens (tertiary/aromatic N) is 3. The summed E-state index contributed by atoms with van der Waals surface area (Å²) in [5.41, 5.74) is 1.05. The highest BCUT2D eigenvalue weighted by atomic mass is 32.1. The average Bonchev–Trinajstić information content (AvgIpc) is 3.17. The summed E-state index contributed by atoms with van der Waals surface area (Å²) in [5, 5.41) is 1.18. The maximum absolute atomic E-state index is 5.30. The molecular weight excluding hydrogens is 294 g/mol. The van der Waals surface area contributed by atoms with Crippen LogP contribution in [0.3, 0.4) is 0 Å². The summed E-state index contributed by atoms with van der Waals surface area (Å²) >= 11 is 1.77. The van der Waals surface area contributed by atoms with Crippen molar-refractivity contribution in [2.24, 2.45) is 0 Å². The van der Waals surface area contributed by atoms with Crippen molar-refractivity contribution >= 4 is 11.3 Å². The lowest BCUT2D eigenvalue weighted by atomic mass is 10.2. The quantitative estimate of drug-likeness (QED) is 0.709. The second-order valence-electron chi connectivity index (χ2n) is 5.43. The lowest BCUT2D eigenvalue weighted by molar-refractivity contribution is 0.415. The Labute approximate surface area is 134 Å². The van der Waals surface area contributed by atoms with Crippen molar-refractivity contribution in [3.8, 4) is 17.1 Å². The minimum Gasteiger partial charge on any atom is -0.497 e. The fourth-order valence-corrected chi connectivity index (χ4v) is 3.21. The van der Waals surface area contributed by atoms with Crippen LogP contribution in [0.5, 0.6) is 5.75 Å². The molecule has 0 unspecified atom stereocenters. The summed E-state index contributed by atoms with van der Waals surface area (Å²) in [6, 6.07) is 7.98. The molecule has 5 heteroatoms. The monoisotopic (exact) mass is 313 g/mol. The normalized spacial score (nSPS) is 11.1. The Balaban J connectivity index is 1.88. The molecule has 1 aromatic carbocycles. The van der Waals surface area contributed by atoms with Crippen LogP contribution in [-0.4, -0.2) is 21.6 Å². The van der Waals surface area contributed by atoms with Gasteiger partial charge in [-0.3, -0.25) is 0 Å². The first-order chi connectivity index (χ1) is 10.7. The van der Waals surface area contributed by atoms with Crippen LogP contribution in [0, 0.1) is 0 Å². The second kappa shape index (κ2) is 6.32. The molecular formula is C17H19N3OS. The van der Waals surface area contributed by atoms with E-state index in [1.54, 1.807) is 18.4 Å². The molecule has 114 valence electrons. The predicted molar refractivity (Wildman–Crippen MR) is 89.5 cm³/mol. The van der Waals surface area contributed by atoms with Gasteiger partial charge >= 0.3 is 0 Å². The van der Waals surface area contributed by atoms with E-state index in [1.807, 2.05) is 42.9 Å². The minimum absolute atomic E-state index is 0.472. The van der Waals surface area contributed by atoms with Crippen LogP contribution in [0.2, 0.25) is 0 Å². The Bertz CT molecular complexity index is 761. The van der Waals surface area contributed by atoms with E-state index >= 15 is 0 Å². The van der Waals surface area contributed by atoms with Gasteiger partial charge in [0.05, 0.1) is 18.7 Å².